The third-order valence-corrected chi connectivity index (χ3v) is 3.41. The summed E-state index contributed by atoms with van der Waals surface area (Å²) in [6, 6.07) is 11.4. The summed E-state index contributed by atoms with van der Waals surface area (Å²) >= 11 is 17.2. The highest BCUT2D eigenvalue weighted by molar-refractivity contribution is 7.80. The van der Waals surface area contributed by atoms with Crippen molar-refractivity contribution >= 4 is 51.9 Å². The molecule has 0 bridgehead atoms. The largest absolute Gasteiger partial charge is 0.332 e. The van der Waals surface area contributed by atoms with Crippen molar-refractivity contribution in [1.82, 2.24) is 0 Å². The van der Waals surface area contributed by atoms with Gasteiger partial charge in [0, 0.05) is 10.7 Å². The molecule has 2 aromatic rings. The van der Waals surface area contributed by atoms with Crippen molar-refractivity contribution in [2.45, 2.75) is 13.8 Å². The van der Waals surface area contributed by atoms with E-state index < -0.39 is 0 Å². The maximum atomic E-state index is 6.09. The van der Waals surface area contributed by atoms with Crippen LogP contribution in [-0.2, 0) is 0 Å². The van der Waals surface area contributed by atoms with Crippen LogP contribution in [0.5, 0.6) is 0 Å². The second-order valence-electron chi connectivity index (χ2n) is 4.58. The molecule has 2 N–H and O–H groups in total. The van der Waals surface area contributed by atoms with Gasteiger partial charge in [-0.2, -0.15) is 0 Å². The second kappa shape index (κ2) is 6.44. The van der Waals surface area contributed by atoms with Crippen molar-refractivity contribution < 1.29 is 0 Å². The van der Waals surface area contributed by atoms with Gasteiger partial charge in [0.2, 0.25) is 0 Å². The van der Waals surface area contributed by atoms with E-state index in [1.165, 1.54) is 11.1 Å². The van der Waals surface area contributed by atoms with Gasteiger partial charge >= 0.3 is 0 Å². The van der Waals surface area contributed by atoms with E-state index in [4.69, 9.17) is 35.4 Å². The number of aryl methyl sites for hydroxylation is 2. The molecule has 2 rings (SSSR count). The topological polar surface area (TPSA) is 24.1 Å². The third kappa shape index (κ3) is 4.10. The maximum absolute atomic E-state index is 6.09. The Morgan fingerprint density at radius 1 is 0.950 bits per heavy atom. The molecule has 2 aromatic carbocycles. The molecule has 0 fully saturated rings. The van der Waals surface area contributed by atoms with Crippen LogP contribution in [0.1, 0.15) is 11.1 Å². The maximum Gasteiger partial charge on any atom is 0.175 e. The van der Waals surface area contributed by atoms with Crippen molar-refractivity contribution in [1.29, 1.82) is 0 Å². The summed E-state index contributed by atoms with van der Waals surface area (Å²) in [5.74, 6) is 0. The van der Waals surface area contributed by atoms with E-state index in [-0.39, 0.29) is 0 Å². The van der Waals surface area contributed by atoms with Gasteiger partial charge in [-0.3, -0.25) is 0 Å². The Balaban J connectivity index is 2.09. The average molecular weight is 325 g/mol. The monoisotopic (exact) mass is 324 g/mol. The van der Waals surface area contributed by atoms with Crippen LogP contribution in [0.3, 0.4) is 0 Å². The predicted molar refractivity (Wildman–Crippen MR) is 92.2 cm³/mol. The Morgan fingerprint density at radius 2 is 1.60 bits per heavy atom. The lowest BCUT2D eigenvalue weighted by Crippen LogP contribution is -2.19. The van der Waals surface area contributed by atoms with Gasteiger partial charge in [0.05, 0.1) is 10.7 Å². The number of benzene rings is 2. The van der Waals surface area contributed by atoms with E-state index in [1.807, 2.05) is 26.0 Å². The van der Waals surface area contributed by atoms with Crippen LogP contribution in [-0.4, -0.2) is 5.11 Å². The Labute approximate surface area is 134 Å². The highest BCUT2D eigenvalue weighted by atomic mass is 35.5. The van der Waals surface area contributed by atoms with Crippen molar-refractivity contribution in [2.75, 3.05) is 10.6 Å². The lowest BCUT2D eigenvalue weighted by Gasteiger charge is -2.13. The molecule has 0 heterocycles. The zero-order valence-corrected chi connectivity index (χ0v) is 13.5. The molecule has 0 unspecified atom stereocenters. The predicted octanol–water partition coefficient (Wildman–Crippen LogP) is 5.42. The van der Waals surface area contributed by atoms with Gasteiger partial charge in [0.25, 0.3) is 0 Å². The second-order valence-corrected chi connectivity index (χ2v) is 5.83. The molecule has 0 radical (unpaired) electrons. The molecule has 0 spiro atoms. The minimum Gasteiger partial charge on any atom is -0.332 e. The fourth-order valence-electron chi connectivity index (χ4n) is 1.92. The summed E-state index contributed by atoms with van der Waals surface area (Å²) in [6.45, 7) is 4.09. The molecule has 0 aliphatic heterocycles. The summed E-state index contributed by atoms with van der Waals surface area (Å²) in [5, 5.41) is 7.80. The van der Waals surface area contributed by atoms with Crippen molar-refractivity contribution in [2.24, 2.45) is 0 Å². The first kappa shape index (κ1) is 15.1. The van der Waals surface area contributed by atoms with Gasteiger partial charge in [0.15, 0.2) is 5.11 Å². The molecule has 5 heteroatoms. The number of nitrogens with one attached hydrogen (secondary N) is 2. The number of hydrogen-bond acceptors (Lipinski definition) is 1. The van der Waals surface area contributed by atoms with E-state index in [0.29, 0.717) is 15.2 Å². The number of hydrogen-bond donors (Lipinski definition) is 2. The molecule has 20 heavy (non-hydrogen) atoms. The Morgan fingerprint density at radius 3 is 2.20 bits per heavy atom. The van der Waals surface area contributed by atoms with Crippen LogP contribution in [0.2, 0.25) is 10.0 Å². The smallest absolute Gasteiger partial charge is 0.175 e. The van der Waals surface area contributed by atoms with Gasteiger partial charge in [-0.05, 0) is 67.5 Å². The molecule has 0 saturated carbocycles. The molecule has 0 aromatic heterocycles. The quantitative estimate of drug-likeness (QED) is 0.721. The molecule has 2 nitrogen and oxygen atoms in total. The number of rotatable bonds is 2. The van der Waals surface area contributed by atoms with E-state index in [9.17, 15) is 0 Å². The molecular formula is C15H14Cl2N2S. The van der Waals surface area contributed by atoms with Gasteiger partial charge in [-0.25, -0.2) is 0 Å². The first-order valence-corrected chi connectivity index (χ1v) is 7.22. The number of anilines is 2. The zero-order chi connectivity index (χ0) is 14.7. The fourth-order valence-corrected chi connectivity index (χ4v) is 2.61. The summed E-state index contributed by atoms with van der Waals surface area (Å²) in [6.07, 6.45) is 0. The van der Waals surface area contributed by atoms with Crippen LogP contribution in [0.25, 0.3) is 0 Å². The minimum absolute atomic E-state index is 0.485. The van der Waals surface area contributed by atoms with Crippen LogP contribution in [0, 0.1) is 13.8 Å². The molecule has 0 aliphatic rings. The molecule has 0 amide bonds. The van der Waals surface area contributed by atoms with Gasteiger partial charge in [0.1, 0.15) is 0 Å². The number of thiocarbonyl (C=S) groups is 1. The fraction of sp³-hybridized carbons (Fsp3) is 0.133. The van der Waals surface area contributed by atoms with E-state index in [2.05, 4.69) is 16.7 Å². The summed E-state index contributed by atoms with van der Waals surface area (Å²) < 4.78 is 0. The first-order valence-electron chi connectivity index (χ1n) is 6.05. The summed E-state index contributed by atoms with van der Waals surface area (Å²) in [7, 11) is 0. The van der Waals surface area contributed by atoms with Gasteiger partial charge in [-0.1, -0.05) is 29.3 Å². The van der Waals surface area contributed by atoms with Gasteiger partial charge in [-0.15, -0.1) is 0 Å². The van der Waals surface area contributed by atoms with Crippen molar-refractivity contribution in [3.63, 3.8) is 0 Å². The third-order valence-electron chi connectivity index (χ3n) is 2.66. The highest BCUT2D eigenvalue weighted by Crippen LogP contribution is 2.25. The molecule has 0 atom stereocenters. The van der Waals surface area contributed by atoms with Crippen molar-refractivity contribution in [3.8, 4) is 0 Å². The van der Waals surface area contributed by atoms with Crippen LogP contribution < -0.4 is 10.6 Å². The molecule has 104 valence electrons. The van der Waals surface area contributed by atoms with Crippen molar-refractivity contribution in [3.05, 3.63) is 57.6 Å². The van der Waals surface area contributed by atoms with E-state index in [1.54, 1.807) is 18.2 Å². The zero-order valence-electron chi connectivity index (χ0n) is 11.1. The molecule has 0 aliphatic carbocycles. The van der Waals surface area contributed by atoms with E-state index in [0.717, 1.165) is 11.4 Å². The first-order chi connectivity index (χ1) is 9.44. The van der Waals surface area contributed by atoms with E-state index >= 15 is 0 Å². The minimum atomic E-state index is 0.485. The standard InChI is InChI=1S/C15H14Cl2N2S/c1-9-5-10(2)7-12(6-9)18-15(20)19-14-4-3-11(16)8-13(14)17/h3-8H,1-2H3,(H2,18,19,20). The Hall–Kier alpha value is -1.29. The molecule has 0 saturated heterocycles. The summed E-state index contributed by atoms with van der Waals surface area (Å²) in [4.78, 5) is 0. The normalized spacial score (nSPS) is 10.2. The number of halogens is 2. The highest BCUT2D eigenvalue weighted by Gasteiger charge is 2.04. The Bertz CT molecular complexity index is 636. The Kier molecular flexibility index (Phi) is 4.86. The average Bonchev–Trinajstić information content (AvgIpc) is 2.31. The lowest BCUT2D eigenvalue weighted by atomic mass is 10.1. The summed E-state index contributed by atoms with van der Waals surface area (Å²) in [5.41, 5.74) is 4.03. The van der Waals surface area contributed by atoms with Crippen LogP contribution in [0.15, 0.2) is 36.4 Å². The van der Waals surface area contributed by atoms with Crippen LogP contribution in [0.4, 0.5) is 11.4 Å². The lowest BCUT2D eigenvalue weighted by molar-refractivity contribution is 1.38. The SMILES string of the molecule is Cc1cc(C)cc(NC(=S)Nc2ccc(Cl)cc2Cl)c1. The molecular weight excluding hydrogens is 311 g/mol. The van der Waals surface area contributed by atoms with Gasteiger partial charge < -0.3 is 10.6 Å². The van der Waals surface area contributed by atoms with Crippen LogP contribution >= 0.6 is 35.4 Å².